The van der Waals surface area contributed by atoms with Crippen LogP contribution in [0.3, 0.4) is 0 Å². The highest BCUT2D eigenvalue weighted by Gasteiger charge is 2.41. The lowest BCUT2D eigenvalue weighted by molar-refractivity contribution is -0.179. The number of nitrogens with zero attached hydrogens (tertiary/aromatic N) is 2. The molecule has 2 aliphatic heterocycles. The van der Waals surface area contributed by atoms with Crippen LogP contribution in [0.5, 0.6) is 0 Å². The van der Waals surface area contributed by atoms with E-state index >= 15 is 0 Å². The third kappa shape index (κ3) is 6.30. The van der Waals surface area contributed by atoms with E-state index < -0.39 is 12.1 Å². The fourth-order valence-corrected chi connectivity index (χ4v) is 4.83. The van der Waals surface area contributed by atoms with Crippen LogP contribution < -0.4 is 15.5 Å². The molecule has 2 amide bonds. The van der Waals surface area contributed by atoms with Crippen molar-refractivity contribution in [3.8, 4) is 0 Å². The Kier molecular flexibility index (Phi) is 7.76. The third-order valence-corrected chi connectivity index (χ3v) is 7.05. The predicted octanol–water partition coefficient (Wildman–Crippen LogP) is 5.08. The molecule has 4 rings (SSSR count). The summed E-state index contributed by atoms with van der Waals surface area (Å²) in [5.41, 5.74) is 3.65. The molecule has 2 N–H and O–H groups in total. The highest BCUT2D eigenvalue weighted by molar-refractivity contribution is 5.89. The molecule has 2 aliphatic rings. The highest BCUT2D eigenvalue weighted by Crippen LogP contribution is 2.35. The Morgan fingerprint density at radius 1 is 1.00 bits per heavy atom. The smallest absolute Gasteiger partial charge is 0.372 e. The summed E-state index contributed by atoms with van der Waals surface area (Å²) < 4.78 is 38.7. The van der Waals surface area contributed by atoms with Gasteiger partial charge in [0, 0.05) is 55.7 Å². The second-order valence-corrected chi connectivity index (χ2v) is 9.93. The lowest BCUT2D eigenvalue weighted by Gasteiger charge is -2.34. The van der Waals surface area contributed by atoms with E-state index in [1.54, 1.807) is 4.90 Å². The minimum Gasteiger partial charge on any atom is -0.372 e. The quantitative estimate of drug-likeness (QED) is 0.554. The Bertz CT molecular complexity index is 1050. The van der Waals surface area contributed by atoms with Gasteiger partial charge in [-0.05, 0) is 68.7 Å². The minimum atomic E-state index is -4.10. The fourth-order valence-electron chi connectivity index (χ4n) is 4.83. The summed E-state index contributed by atoms with van der Waals surface area (Å²) in [5.74, 6) is -1.58. The first kappa shape index (κ1) is 25.9. The molecule has 0 saturated carbocycles. The Hall–Kier alpha value is -3.23. The van der Waals surface area contributed by atoms with Crippen LogP contribution in [-0.4, -0.2) is 48.6 Å². The van der Waals surface area contributed by atoms with Crippen molar-refractivity contribution in [1.29, 1.82) is 0 Å². The van der Waals surface area contributed by atoms with Crippen LogP contribution in [-0.2, 0) is 16.1 Å². The van der Waals surface area contributed by atoms with E-state index in [0.717, 1.165) is 22.6 Å². The van der Waals surface area contributed by atoms with Gasteiger partial charge < -0.3 is 20.4 Å². The Morgan fingerprint density at radius 2 is 1.58 bits per heavy atom. The molecule has 2 heterocycles. The van der Waals surface area contributed by atoms with Gasteiger partial charge in [-0.15, -0.1) is 0 Å². The fraction of sp³-hybridized carbons (Fsp3) is 0.481. The van der Waals surface area contributed by atoms with Gasteiger partial charge >= 0.3 is 6.18 Å². The van der Waals surface area contributed by atoms with E-state index in [1.165, 1.54) is 0 Å². The molecule has 194 valence electrons. The van der Waals surface area contributed by atoms with Gasteiger partial charge in [0.1, 0.15) is 0 Å². The second-order valence-electron chi connectivity index (χ2n) is 9.93. The van der Waals surface area contributed by atoms with Crippen molar-refractivity contribution in [1.82, 2.24) is 10.2 Å². The number of nitrogens with one attached hydrogen (secondary N) is 2. The summed E-state index contributed by atoms with van der Waals surface area (Å²) >= 11 is 0. The van der Waals surface area contributed by atoms with Gasteiger partial charge in [0.2, 0.25) is 11.8 Å². The van der Waals surface area contributed by atoms with Crippen molar-refractivity contribution in [3.05, 3.63) is 54.1 Å². The summed E-state index contributed by atoms with van der Waals surface area (Å²) in [6.07, 6.45) is -3.58. The van der Waals surface area contributed by atoms with Crippen LogP contribution in [0.4, 0.5) is 30.2 Å². The predicted molar refractivity (Wildman–Crippen MR) is 134 cm³/mol. The molecule has 0 aromatic heterocycles. The lowest BCUT2D eigenvalue weighted by Crippen LogP contribution is -2.38. The minimum absolute atomic E-state index is 0.0274. The molecular formula is C27H33F3N4O2. The van der Waals surface area contributed by atoms with Crippen molar-refractivity contribution in [2.45, 2.75) is 51.9 Å². The molecule has 0 spiro atoms. The van der Waals surface area contributed by atoms with E-state index in [0.29, 0.717) is 26.2 Å². The Balaban J connectivity index is 1.24. The Morgan fingerprint density at radius 3 is 2.11 bits per heavy atom. The molecule has 0 radical (unpaired) electrons. The van der Waals surface area contributed by atoms with Crippen LogP contribution in [0.2, 0.25) is 0 Å². The van der Waals surface area contributed by atoms with Crippen LogP contribution in [0.1, 0.15) is 38.7 Å². The molecule has 36 heavy (non-hydrogen) atoms. The topological polar surface area (TPSA) is 64.7 Å². The number of hydrogen-bond acceptors (Lipinski definition) is 4. The average molecular weight is 503 g/mol. The summed E-state index contributed by atoms with van der Waals surface area (Å²) in [6.45, 7) is 5.57. The zero-order valence-corrected chi connectivity index (χ0v) is 20.6. The van der Waals surface area contributed by atoms with Crippen LogP contribution in [0, 0.1) is 11.8 Å². The molecule has 1 atom stereocenters. The van der Waals surface area contributed by atoms with Crippen molar-refractivity contribution < 1.29 is 22.8 Å². The van der Waals surface area contributed by atoms with Crippen molar-refractivity contribution in [2.24, 2.45) is 11.8 Å². The van der Waals surface area contributed by atoms with E-state index in [9.17, 15) is 22.8 Å². The van der Waals surface area contributed by atoms with Gasteiger partial charge in [0.25, 0.3) is 0 Å². The summed E-state index contributed by atoms with van der Waals surface area (Å²) in [5, 5.41) is 6.25. The summed E-state index contributed by atoms with van der Waals surface area (Å²) in [7, 11) is 0. The number of benzene rings is 2. The monoisotopic (exact) mass is 502 g/mol. The number of carbonyl (C=O) groups excluding carboxylic acids is 2. The van der Waals surface area contributed by atoms with E-state index in [1.807, 2.05) is 67.3 Å². The van der Waals surface area contributed by atoms with Crippen LogP contribution in [0.25, 0.3) is 0 Å². The number of likely N-dealkylation sites (tertiary alicyclic amines) is 1. The molecule has 0 bridgehead atoms. The second kappa shape index (κ2) is 10.8. The maximum absolute atomic E-state index is 12.9. The molecule has 2 aromatic carbocycles. The summed E-state index contributed by atoms with van der Waals surface area (Å²) in [6, 6.07) is 15.5. The van der Waals surface area contributed by atoms with Gasteiger partial charge in [0.05, 0.1) is 11.8 Å². The largest absolute Gasteiger partial charge is 0.391 e. The van der Waals surface area contributed by atoms with Gasteiger partial charge in [-0.2, -0.15) is 13.2 Å². The average Bonchev–Trinajstić information content (AvgIpc) is 3.25. The van der Waals surface area contributed by atoms with Gasteiger partial charge in [-0.25, -0.2) is 0 Å². The first-order chi connectivity index (χ1) is 17.1. The molecule has 2 fully saturated rings. The number of carbonyl (C=O) groups is 2. The normalized spacial score (nSPS) is 19.2. The molecule has 1 unspecified atom stereocenters. The number of alkyl halides is 3. The van der Waals surface area contributed by atoms with Gasteiger partial charge in [0.15, 0.2) is 0 Å². The first-order valence-electron chi connectivity index (χ1n) is 12.4. The highest BCUT2D eigenvalue weighted by atomic mass is 19.4. The number of hydrogen-bond donors (Lipinski definition) is 2. The summed E-state index contributed by atoms with van der Waals surface area (Å²) in [4.78, 5) is 28.3. The van der Waals surface area contributed by atoms with E-state index in [-0.39, 0.29) is 43.0 Å². The zero-order valence-electron chi connectivity index (χ0n) is 20.6. The Labute approximate surface area is 209 Å². The van der Waals surface area contributed by atoms with Crippen LogP contribution >= 0.6 is 0 Å². The van der Waals surface area contributed by atoms with E-state index in [2.05, 4.69) is 10.6 Å². The number of rotatable bonds is 7. The zero-order chi connectivity index (χ0) is 25.9. The van der Waals surface area contributed by atoms with Crippen LogP contribution in [0.15, 0.2) is 48.5 Å². The maximum Gasteiger partial charge on any atom is 0.391 e. The maximum atomic E-state index is 12.9. The van der Waals surface area contributed by atoms with Crippen molar-refractivity contribution in [3.63, 3.8) is 0 Å². The SMILES string of the molecule is CC(C)N1CC(C(=O)NCc2ccc(Nc3ccc(N4CCC(C(F)(F)F)CC4)cc3)cc2)CC1=O. The van der Waals surface area contributed by atoms with Gasteiger partial charge in [-0.3, -0.25) is 9.59 Å². The van der Waals surface area contributed by atoms with E-state index in [4.69, 9.17) is 0 Å². The number of anilines is 3. The lowest BCUT2D eigenvalue weighted by atomic mass is 9.96. The van der Waals surface area contributed by atoms with Crippen molar-refractivity contribution >= 4 is 28.9 Å². The standard InChI is InChI=1S/C27H33F3N4O2/c1-18(2)34-17-20(15-25(34)35)26(36)31-16-19-3-5-22(6-4-19)32-23-7-9-24(10-8-23)33-13-11-21(12-14-33)27(28,29)30/h3-10,18,20-21,32H,11-17H2,1-2H3,(H,31,36). The molecule has 6 nitrogen and oxygen atoms in total. The molecular weight excluding hydrogens is 469 g/mol. The van der Waals surface area contributed by atoms with Crippen molar-refractivity contribution in [2.75, 3.05) is 29.9 Å². The molecule has 2 aromatic rings. The first-order valence-corrected chi connectivity index (χ1v) is 12.4. The van der Waals surface area contributed by atoms with Gasteiger partial charge in [-0.1, -0.05) is 12.1 Å². The molecule has 2 saturated heterocycles. The number of halogens is 3. The number of piperidine rings is 1. The third-order valence-electron chi connectivity index (χ3n) is 7.05. The molecule has 9 heteroatoms. The molecule has 0 aliphatic carbocycles. The number of amides is 2.